The molecule has 1 heterocycles. The predicted molar refractivity (Wildman–Crippen MR) is 243 cm³/mol. The highest BCUT2D eigenvalue weighted by atomic mass is 16.3. The van der Waals surface area contributed by atoms with Crippen molar-refractivity contribution in [1.82, 2.24) is 0 Å². The molecule has 0 atom stereocenters. The molecule has 0 N–H and O–H groups in total. The minimum absolute atomic E-state index is 0.0664. The maximum Gasteiger partial charge on any atom is 0.136 e. The van der Waals surface area contributed by atoms with E-state index < -0.39 is 30.2 Å². The Morgan fingerprint density at radius 1 is 0.316 bits per heavy atom. The Bertz CT molecular complexity index is 3930. The Hall–Kier alpha value is -7.48. The SMILES string of the molecule is [2H]c1c([2H])c([2H])c2c(-c3c4ccccc4c(-c4cc(-c5cccc6oc7ccc(-c8ccc9ccccc9c8)cc7c56)cc5ccccc45)c4ccccc34)c([2H])c([2H])c([2H])c2c1[2H]. The van der Waals surface area contributed by atoms with Gasteiger partial charge >= 0.3 is 0 Å². The quantitative estimate of drug-likeness (QED) is 0.164. The number of hydrogen-bond donors (Lipinski definition) is 0. The molecule has 0 amide bonds. The van der Waals surface area contributed by atoms with E-state index >= 15 is 0 Å². The summed E-state index contributed by atoms with van der Waals surface area (Å²) in [6.45, 7) is 0. The number of benzene rings is 11. The molecule has 0 saturated heterocycles. The maximum atomic E-state index is 9.38. The van der Waals surface area contributed by atoms with Crippen molar-refractivity contribution >= 4 is 75.8 Å². The molecule has 0 spiro atoms. The first-order chi connectivity index (χ1) is 31.2. The van der Waals surface area contributed by atoms with Crippen LogP contribution in [0.1, 0.15) is 9.60 Å². The topological polar surface area (TPSA) is 13.1 Å². The Morgan fingerprint density at radius 2 is 0.930 bits per heavy atom. The molecule has 0 aliphatic heterocycles. The van der Waals surface area contributed by atoms with Crippen molar-refractivity contribution in [2.24, 2.45) is 0 Å². The largest absolute Gasteiger partial charge is 0.456 e. The first-order valence-corrected chi connectivity index (χ1v) is 19.1. The summed E-state index contributed by atoms with van der Waals surface area (Å²) in [7, 11) is 0. The van der Waals surface area contributed by atoms with E-state index in [0.717, 1.165) is 87.6 Å². The van der Waals surface area contributed by atoms with Crippen molar-refractivity contribution < 1.29 is 14.0 Å². The molecule has 1 heteroatoms. The lowest BCUT2D eigenvalue weighted by Gasteiger charge is -2.20. The van der Waals surface area contributed by atoms with Crippen molar-refractivity contribution in [1.29, 1.82) is 0 Å². The van der Waals surface area contributed by atoms with Crippen LogP contribution in [-0.4, -0.2) is 0 Å². The zero-order valence-corrected chi connectivity index (χ0v) is 30.5. The first kappa shape index (κ1) is 25.6. The van der Waals surface area contributed by atoms with Crippen molar-refractivity contribution in [3.8, 4) is 44.5 Å². The second-order valence-electron chi connectivity index (χ2n) is 14.6. The third-order valence-electron chi connectivity index (χ3n) is 11.5. The molecule has 0 bridgehead atoms. The van der Waals surface area contributed by atoms with Crippen LogP contribution in [0.5, 0.6) is 0 Å². The molecule has 1 nitrogen and oxygen atoms in total. The van der Waals surface area contributed by atoms with Gasteiger partial charge in [0.2, 0.25) is 0 Å². The van der Waals surface area contributed by atoms with E-state index in [9.17, 15) is 1.37 Å². The third-order valence-corrected chi connectivity index (χ3v) is 11.5. The van der Waals surface area contributed by atoms with Gasteiger partial charge in [0.05, 0.1) is 9.60 Å². The standard InChI is InChI=1S/C56H34O/c1-2-15-37-31-38(28-27-35(37)13-1)39-29-30-52-51(33-39)56-44(24-12-26-53(56)57-52)41-32-40-16-4-6-19-43(40)50(34-41)55-48-22-9-7-20-46(48)54(47-21-8-10-23-49(47)55)45-25-11-17-36-14-3-5-18-42(36)45/h1-34H/i3D,5D,11D,14D,17D,18D,25D. The molecular weight excluding hydrogens is 689 g/mol. The summed E-state index contributed by atoms with van der Waals surface area (Å²) in [4.78, 5) is 0. The van der Waals surface area contributed by atoms with Gasteiger partial charge in [-0.1, -0.05) is 170 Å². The highest BCUT2D eigenvalue weighted by Crippen LogP contribution is 2.48. The van der Waals surface area contributed by atoms with Crippen LogP contribution in [0, 0.1) is 0 Å². The van der Waals surface area contributed by atoms with E-state index in [1.807, 2.05) is 54.6 Å². The summed E-state index contributed by atoms with van der Waals surface area (Å²) in [5.41, 5.74) is 8.62. The molecule has 57 heavy (non-hydrogen) atoms. The third kappa shape index (κ3) is 4.96. The number of hydrogen-bond acceptors (Lipinski definition) is 1. The van der Waals surface area contributed by atoms with E-state index in [0.29, 0.717) is 5.56 Å². The van der Waals surface area contributed by atoms with Gasteiger partial charge < -0.3 is 4.42 Å². The summed E-state index contributed by atoms with van der Waals surface area (Å²) in [6.07, 6.45) is 0. The minimum atomic E-state index is -0.476. The molecule has 11 aromatic carbocycles. The average molecular weight is 730 g/mol. The maximum absolute atomic E-state index is 9.38. The van der Waals surface area contributed by atoms with E-state index in [1.54, 1.807) is 0 Å². The van der Waals surface area contributed by atoms with Crippen molar-refractivity contribution in [3.63, 3.8) is 0 Å². The molecule has 12 rings (SSSR count). The summed E-state index contributed by atoms with van der Waals surface area (Å²) in [5, 5.41) is 9.79. The zero-order valence-electron chi connectivity index (χ0n) is 37.5. The normalized spacial score (nSPS) is 13.6. The van der Waals surface area contributed by atoms with Gasteiger partial charge in [0.25, 0.3) is 0 Å². The lowest BCUT2D eigenvalue weighted by Crippen LogP contribution is -1.93. The zero-order chi connectivity index (χ0) is 43.5. The van der Waals surface area contributed by atoms with Crippen LogP contribution in [-0.2, 0) is 0 Å². The van der Waals surface area contributed by atoms with E-state index in [-0.39, 0.29) is 28.4 Å². The highest BCUT2D eigenvalue weighted by molar-refractivity contribution is 6.26. The molecule has 0 radical (unpaired) electrons. The molecule has 0 unspecified atom stereocenters. The fourth-order valence-corrected chi connectivity index (χ4v) is 8.98. The Morgan fingerprint density at radius 3 is 1.72 bits per heavy atom. The Kier molecular flexibility index (Phi) is 5.62. The van der Waals surface area contributed by atoms with E-state index in [2.05, 4.69) is 109 Å². The van der Waals surface area contributed by atoms with Gasteiger partial charge in [-0.05, 0) is 135 Å². The van der Waals surface area contributed by atoms with Crippen LogP contribution in [0.4, 0.5) is 0 Å². The van der Waals surface area contributed by atoms with Crippen LogP contribution in [0.25, 0.3) is 120 Å². The fourth-order valence-electron chi connectivity index (χ4n) is 8.98. The number of fused-ring (bicyclic) bond motifs is 8. The summed E-state index contributed by atoms with van der Waals surface area (Å²) >= 11 is 0. The molecule has 0 fully saturated rings. The number of furan rings is 1. The molecule has 1 aromatic heterocycles. The van der Waals surface area contributed by atoms with Crippen LogP contribution < -0.4 is 0 Å². The average Bonchev–Trinajstić information content (AvgIpc) is 3.72. The molecule has 0 aliphatic carbocycles. The highest BCUT2D eigenvalue weighted by Gasteiger charge is 2.21. The lowest BCUT2D eigenvalue weighted by atomic mass is 9.83. The Labute approximate surface area is 339 Å². The van der Waals surface area contributed by atoms with E-state index in [1.165, 1.54) is 10.8 Å². The second-order valence-corrected chi connectivity index (χ2v) is 14.6. The van der Waals surface area contributed by atoms with Crippen molar-refractivity contribution in [3.05, 3.63) is 206 Å². The Balaban J connectivity index is 1.15. The summed E-state index contributed by atoms with van der Waals surface area (Å²) < 4.78 is 68.8. The van der Waals surface area contributed by atoms with Gasteiger partial charge in [-0.3, -0.25) is 0 Å². The molecule has 0 saturated carbocycles. The van der Waals surface area contributed by atoms with E-state index in [4.69, 9.17) is 12.6 Å². The second kappa shape index (κ2) is 12.5. The smallest absolute Gasteiger partial charge is 0.136 e. The van der Waals surface area contributed by atoms with Gasteiger partial charge in [-0.15, -0.1) is 0 Å². The monoisotopic (exact) mass is 729 g/mol. The predicted octanol–water partition coefficient (Wildman–Crippen LogP) is 16.0. The van der Waals surface area contributed by atoms with Crippen LogP contribution in [0.15, 0.2) is 211 Å². The van der Waals surface area contributed by atoms with Gasteiger partial charge in [0.15, 0.2) is 0 Å². The molecule has 12 aromatic rings. The van der Waals surface area contributed by atoms with Gasteiger partial charge in [-0.25, -0.2) is 0 Å². The van der Waals surface area contributed by atoms with Crippen LogP contribution in [0.3, 0.4) is 0 Å². The minimum Gasteiger partial charge on any atom is -0.456 e. The lowest BCUT2D eigenvalue weighted by molar-refractivity contribution is 0.669. The van der Waals surface area contributed by atoms with Crippen LogP contribution in [0.2, 0.25) is 0 Å². The fraction of sp³-hybridized carbons (Fsp3) is 0. The molecular formula is C56H34O. The first-order valence-electron chi connectivity index (χ1n) is 22.6. The number of rotatable bonds is 4. The van der Waals surface area contributed by atoms with Crippen molar-refractivity contribution in [2.45, 2.75) is 0 Å². The summed E-state index contributed by atoms with van der Waals surface area (Å²) in [6, 6.07) is 53.7. The summed E-state index contributed by atoms with van der Waals surface area (Å²) in [5.74, 6) is 0. The van der Waals surface area contributed by atoms with Crippen LogP contribution >= 0.6 is 0 Å². The van der Waals surface area contributed by atoms with Gasteiger partial charge in [0, 0.05) is 10.8 Å². The molecule has 264 valence electrons. The molecule has 0 aliphatic rings. The van der Waals surface area contributed by atoms with Crippen molar-refractivity contribution in [2.75, 3.05) is 0 Å². The van der Waals surface area contributed by atoms with Gasteiger partial charge in [-0.2, -0.15) is 0 Å². The van der Waals surface area contributed by atoms with Gasteiger partial charge in [0.1, 0.15) is 11.2 Å².